The van der Waals surface area contributed by atoms with Crippen molar-refractivity contribution in [2.24, 2.45) is 0 Å². The number of nitrogens with zero attached hydrogens (tertiary/aromatic N) is 2. The molecule has 1 saturated heterocycles. The molecule has 1 atom stereocenters. The number of hydrogen-bond acceptors (Lipinski definition) is 5. The molecule has 1 aliphatic heterocycles. The topological polar surface area (TPSA) is 77.4 Å². The Bertz CT molecular complexity index is 766. The fourth-order valence-corrected chi connectivity index (χ4v) is 2.84. The van der Waals surface area contributed by atoms with E-state index in [2.05, 4.69) is 20.5 Å². The van der Waals surface area contributed by atoms with Gasteiger partial charge in [-0.25, -0.2) is 0 Å². The number of aromatic nitrogens is 2. The number of amides is 1. The van der Waals surface area contributed by atoms with Crippen LogP contribution in [-0.2, 0) is 0 Å². The molecule has 7 nitrogen and oxygen atoms in total. The quantitative estimate of drug-likeness (QED) is 0.776. The molecule has 1 unspecified atom stereocenters. The number of carbonyl (C=O) groups excluding carboxylic acids is 1. The summed E-state index contributed by atoms with van der Waals surface area (Å²) in [5, 5.41) is 10.1. The smallest absolute Gasteiger partial charge is 0.387 e. The summed E-state index contributed by atoms with van der Waals surface area (Å²) in [4.78, 5) is 12.5. The van der Waals surface area contributed by atoms with E-state index in [1.807, 2.05) is 0 Å². The Morgan fingerprint density at radius 2 is 2.22 bits per heavy atom. The van der Waals surface area contributed by atoms with Gasteiger partial charge in [0.05, 0.1) is 18.8 Å². The van der Waals surface area contributed by atoms with E-state index in [4.69, 9.17) is 4.74 Å². The van der Waals surface area contributed by atoms with E-state index in [1.165, 1.54) is 25.3 Å². The van der Waals surface area contributed by atoms with Crippen LogP contribution in [0.1, 0.15) is 29.4 Å². The highest BCUT2D eigenvalue weighted by atomic mass is 35.5. The average Bonchev–Trinajstić information content (AvgIpc) is 3.14. The molecule has 2 N–H and O–H groups in total. The van der Waals surface area contributed by atoms with Gasteiger partial charge < -0.3 is 20.1 Å². The molecule has 1 aromatic carbocycles. The van der Waals surface area contributed by atoms with Crippen LogP contribution < -0.4 is 20.1 Å². The summed E-state index contributed by atoms with van der Waals surface area (Å²) < 4.78 is 36.4. The van der Waals surface area contributed by atoms with Crippen LogP contribution in [0.15, 0.2) is 30.5 Å². The molecule has 0 bridgehead atoms. The first-order valence-corrected chi connectivity index (χ1v) is 8.27. The van der Waals surface area contributed by atoms with E-state index in [1.54, 1.807) is 16.9 Å². The van der Waals surface area contributed by atoms with Gasteiger partial charge in [0.25, 0.3) is 5.91 Å². The lowest BCUT2D eigenvalue weighted by molar-refractivity contribution is -0.0494. The number of carbonyl (C=O) groups is 1. The number of alkyl halides is 2. The average molecular weight is 403 g/mol. The third-order valence-electron chi connectivity index (χ3n) is 4.14. The lowest BCUT2D eigenvalue weighted by atomic mass is 10.1. The molecule has 10 heteroatoms. The molecular weight excluding hydrogens is 382 g/mol. The van der Waals surface area contributed by atoms with Crippen LogP contribution in [0.4, 0.5) is 14.5 Å². The second kappa shape index (κ2) is 9.52. The van der Waals surface area contributed by atoms with Crippen molar-refractivity contribution in [3.8, 4) is 11.5 Å². The molecule has 3 rings (SSSR count). The van der Waals surface area contributed by atoms with Gasteiger partial charge in [-0.3, -0.25) is 9.48 Å². The third-order valence-corrected chi connectivity index (χ3v) is 4.14. The fraction of sp³-hybridized carbons (Fsp3) is 0.412. The molecule has 0 spiro atoms. The minimum Gasteiger partial charge on any atom is -0.497 e. The molecule has 0 saturated carbocycles. The van der Waals surface area contributed by atoms with Crippen LogP contribution in [0.5, 0.6) is 11.5 Å². The van der Waals surface area contributed by atoms with Crippen molar-refractivity contribution < 1.29 is 23.0 Å². The van der Waals surface area contributed by atoms with Crippen molar-refractivity contribution in [1.82, 2.24) is 15.1 Å². The van der Waals surface area contributed by atoms with Gasteiger partial charge in [0, 0.05) is 18.8 Å². The van der Waals surface area contributed by atoms with Crippen LogP contribution in [0.3, 0.4) is 0 Å². The van der Waals surface area contributed by atoms with E-state index in [0.29, 0.717) is 5.75 Å². The van der Waals surface area contributed by atoms with E-state index in [-0.39, 0.29) is 35.6 Å². The normalized spacial score (nSPS) is 16.5. The molecule has 0 aliphatic carbocycles. The first-order valence-electron chi connectivity index (χ1n) is 8.27. The van der Waals surface area contributed by atoms with Gasteiger partial charge in [0.15, 0.2) is 5.69 Å². The molecule has 1 aromatic heterocycles. The second-order valence-corrected chi connectivity index (χ2v) is 5.88. The molecule has 2 aromatic rings. The first-order chi connectivity index (χ1) is 12.6. The second-order valence-electron chi connectivity index (χ2n) is 5.88. The van der Waals surface area contributed by atoms with Gasteiger partial charge in [-0.2, -0.15) is 13.9 Å². The maximum absolute atomic E-state index is 12.6. The van der Waals surface area contributed by atoms with Crippen molar-refractivity contribution in [2.75, 3.05) is 25.5 Å². The number of nitrogens with one attached hydrogen (secondary N) is 2. The van der Waals surface area contributed by atoms with Crippen LogP contribution in [-0.4, -0.2) is 42.5 Å². The first kappa shape index (κ1) is 20.9. The number of methoxy groups -OCH3 is 1. The maximum atomic E-state index is 12.6. The lowest BCUT2D eigenvalue weighted by Crippen LogP contribution is -2.32. The highest BCUT2D eigenvalue weighted by Crippen LogP contribution is 2.30. The number of anilines is 1. The summed E-state index contributed by atoms with van der Waals surface area (Å²) in [7, 11) is 1.44. The summed E-state index contributed by atoms with van der Waals surface area (Å²) >= 11 is 0. The summed E-state index contributed by atoms with van der Waals surface area (Å²) in [6.07, 6.45) is 3.77. The molecule has 2 heterocycles. The summed E-state index contributed by atoms with van der Waals surface area (Å²) in [5.41, 5.74) is 0.282. The summed E-state index contributed by atoms with van der Waals surface area (Å²) in [6, 6.07) is 5.99. The number of piperidine rings is 1. The minimum absolute atomic E-state index is 0. The molecule has 148 valence electrons. The van der Waals surface area contributed by atoms with E-state index >= 15 is 0 Å². The molecule has 1 fully saturated rings. The fourth-order valence-electron chi connectivity index (χ4n) is 2.84. The van der Waals surface area contributed by atoms with Gasteiger partial charge in [-0.15, -0.1) is 12.4 Å². The Kier molecular flexibility index (Phi) is 7.37. The van der Waals surface area contributed by atoms with Gasteiger partial charge in [0.2, 0.25) is 0 Å². The molecule has 1 aliphatic rings. The van der Waals surface area contributed by atoms with Gasteiger partial charge >= 0.3 is 6.61 Å². The zero-order valence-corrected chi connectivity index (χ0v) is 15.5. The Hall–Kier alpha value is -2.39. The standard InChI is InChI=1S/C17H20F2N4O3.ClH/c1-25-12-4-5-15(26-17(18)19)14(9-12)21-16(24)13-6-8-23(22-13)11-3-2-7-20-10-11;/h4-6,8-9,11,17,20H,2-3,7,10H2,1H3,(H,21,24);1H. The van der Waals surface area contributed by atoms with Crippen molar-refractivity contribution in [1.29, 1.82) is 0 Å². The minimum atomic E-state index is -3.00. The number of ether oxygens (including phenoxy) is 2. The van der Waals surface area contributed by atoms with Crippen molar-refractivity contribution in [2.45, 2.75) is 25.5 Å². The predicted octanol–water partition coefficient (Wildman–Crippen LogP) is 3.09. The maximum Gasteiger partial charge on any atom is 0.387 e. The van der Waals surface area contributed by atoms with Crippen LogP contribution >= 0.6 is 12.4 Å². The van der Waals surface area contributed by atoms with Crippen LogP contribution in [0.2, 0.25) is 0 Å². The number of hydrogen-bond donors (Lipinski definition) is 2. The number of halogens is 3. The van der Waals surface area contributed by atoms with Crippen molar-refractivity contribution in [3.63, 3.8) is 0 Å². The Balaban J connectivity index is 0.00000261. The van der Waals surface area contributed by atoms with Gasteiger partial charge in [0.1, 0.15) is 11.5 Å². The molecule has 27 heavy (non-hydrogen) atoms. The molecule has 0 radical (unpaired) electrons. The number of rotatable bonds is 6. The third kappa shape index (κ3) is 5.30. The van der Waals surface area contributed by atoms with E-state index in [0.717, 1.165) is 25.9 Å². The SMILES string of the molecule is COc1ccc(OC(F)F)c(NC(=O)c2ccn(C3CCCNC3)n2)c1.Cl. The number of benzene rings is 1. The molecule has 1 amide bonds. The monoisotopic (exact) mass is 402 g/mol. The Morgan fingerprint density at radius 3 is 2.89 bits per heavy atom. The van der Waals surface area contributed by atoms with Crippen molar-refractivity contribution >= 4 is 24.0 Å². The van der Waals surface area contributed by atoms with Crippen molar-refractivity contribution in [3.05, 3.63) is 36.2 Å². The largest absolute Gasteiger partial charge is 0.497 e. The summed E-state index contributed by atoms with van der Waals surface area (Å²) in [5.74, 6) is -0.259. The van der Waals surface area contributed by atoms with Crippen LogP contribution in [0, 0.1) is 0 Å². The Labute approximate surface area is 161 Å². The highest BCUT2D eigenvalue weighted by Gasteiger charge is 2.19. The van der Waals surface area contributed by atoms with Gasteiger partial charge in [-0.1, -0.05) is 0 Å². The zero-order valence-electron chi connectivity index (χ0n) is 14.7. The zero-order chi connectivity index (χ0) is 18.5. The Morgan fingerprint density at radius 1 is 1.41 bits per heavy atom. The van der Waals surface area contributed by atoms with Gasteiger partial charge in [-0.05, 0) is 37.6 Å². The predicted molar refractivity (Wildman–Crippen MR) is 98.2 cm³/mol. The summed E-state index contributed by atoms with van der Waals surface area (Å²) in [6.45, 7) is -1.23. The van der Waals surface area contributed by atoms with Crippen LogP contribution in [0.25, 0.3) is 0 Å². The lowest BCUT2D eigenvalue weighted by Gasteiger charge is -2.22. The highest BCUT2D eigenvalue weighted by molar-refractivity contribution is 6.03. The molecular formula is C17H21ClF2N4O3. The van der Waals surface area contributed by atoms with E-state index < -0.39 is 12.5 Å². The van der Waals surface area contributed by atoms with E-state index in [9.17, 15) is 13.6 Å².